The molecule has 0 aliphatic carbocycles. The Kier molecular flexibility index (Phi) is 5.14. The van der Waals surface area contributed by atoms with E-state index < -0.39 is 22.4 Å². The topological polar surface area (TPSA) is 80.5 Å². The zero-order chi connectivity index (χ0) is 16.2. The summed E-state index contributed by atoms with van der Waals surface area (Å²) in [6, 6.07) is 0.490. The van der Waals surface area contributed by atoms with Crippen LogP contribution in [-0.4, -0.2) is 54.2 Å². The van der Waals surface area contributed by atoms with Crippen LogP contribution < -0.4 is 5.32 Å². The molecule has 2 heterocycles. The Hall–Kier alpha value is -1.94. The molecule has 1 aliphatic rings. The number of nitrogens with one attached hydrogen (secondary N) is 1. The molecular weight excluding hydrogens is 305 g/mol. The van der Waals surface area contributed by atoms with Crippen LogP contribution in [0.3, 0.4) is 0 Å². The van der Waals surface area contributed by atoms with Crippen LogP contribution in [0.4, 0.5) is 24.7 Å². The predicted molar refractivity (Wildman–Crippen MR) is 71.6 cm³/mol. The summed E-state index contributed by atoms with van der Waals surface area (Å²) < 4.78 is 42.9. The van der Waals surface area contributed by atoms with Gasteiger partial charge in [0.2, 0.25) is 5.82 Å². The monoisotopic (exact) mass is 320 g/mol. The van der Waals surface area contributed by atoms with Crippen molar-refractivity contribution in [3.63, 3.8) is 0 Å². The standard InChI is InChI=1S/C12H15F3N4O3/c13-12(14,15)9-7-10(19(20)21)11(17-8-9)16-1-2-18-3-5-22-6-4-18/h7-8H,1-6H2,(H,16,17). The number of rotatable bonds is 5. The highest BCUT2D eigenvalue weighted by Gasteiger charge is 2.33. The third-order valence-corrected chi connectivity index (χ3v) is 3.22. The number of pyridine rings is 1. The number of halogens is 3. The lowest BCUT2D eigenvalue weighted by Gasteiger charge is -2.26. The molecule has 0 radical (unpaired) electrons. The van der Waals surface area contributed by atoms with Crippen molar-refractivity contribution in [3.8, 4) is 0 Å². The van der Waals surface area contributed by atoms with Gasteiger partial charge in [0.15, 0.2) is 0 Å². The molecular formula is C12H15F3N4O3. The van der Waals surface area contributed by atoms with Crippen molar-refractivity contribution in [1.82, 2.24) is 9.88 Å². The molecule has 0 unspecified atom stereocenters. The first-order chi connectivity index (χ1) is 10.4. The number of hydrogen-bond donors (Lipinski definition) is 1. The second-order valence-corrected chi connectivity index (χ2v) is 4.73. The summed E-state index contributed by atoms with van der Waals surface area (Å²) in [5.41, 5.74) is -1.82. The van der Waals surface area contributed by atoms with Crippen LogP contribution in [0, 0.1) is 10.1 Å². The quantitative estimate of drug-likeness (QED) is 0.658. The predicted octanol–water partition coefficient (Wildman–Crippen LogP) is 1.75. The van der Waals surface area contributed by atoms with Crippen molar-refractivity contribution in [3.05, 3.63) is 27.9 Å². The summed E-state index contributed by atoms with van der Waals surface area (Å²) in [6.07, 6.45) is -4.08. The highest BCUT2D eigenvalue weighted by molar-refractivity contribution is 5.57. The number of anilines is 1. The molecule has 122 valence electrons. The maximum Gasteiger partial charge on any atom is 0.418 e. The molecule has 22 heavy (non-hydrogen) atoms. The van der Waals surface area contributed by atoms with E-state index in [9.17, 15) is 23.3 Å². The smallest absolute Gasteiger partial charge is 0.379 e. The van der Waals surface area contributed by atoms with E-state index in [0.717, 1.165) is 13.1 Å². The van der Waals surface area contributed by atoms with Crippen LogP contribution in [0.5, 0.6) is 0 Å². The molecule has 0 spiro atoms. The third-order valence-electron chi connectivity index (χ3n) is 3.22. The van der Waals surface area contributed by atoms with Gasteiger partial charge in [0.05, 0.1) is 23.7 Å². The fourth-order valence-corrected chi connectivity index (χ4v) is 2.04. The summed E-state index contributed by atoms with van der Waals surface area (Å²) >= 11 is 0. The van der Waals surface area contributed by atoms with E-state index in [1.165, 1.54) is 0 Å². The first-order valence-corrected chi connectivity index (χ1v) is 6.63. The minimum absolute atomic E-state index is 0.161. The Morgan fingerprint density at radius 2 is 2.09 bits per heavy atom. The highest BCUT2D eigenvalue weighted by atomic mass is 19.4. The van der Waals surface area contributed by atoms with Gasteiger partial charge in [0.1, 0.15) is 0 Å². The summed E-state index contributed by atoms with van der Waals surface area (Å²) in [5.74, 6) is -0.161. The van der Waals surface area contributed by atoms with Crippen molar-refractivity contribution in [1.29, 1.82) is 0 Å². The minimum Gasteiger partial charge on any atom is -0.379 e. The Labute approximate surface area is 124 Å². The maximum absolute atomic E-state index is 12.6. The molecule has 0 saturated carbocycles. The lowest BCUT2D eigenvalue weighted by Crippen LogP contribution is -2.39. The molecule has 0 aromatic carbocycles. The van der Waals surface area contributed by atoms with E-state index in [-0.39, 0.29) is 5.82 Å². The lowest BCUT2D eigenvalue weighted by molar-refractivity contribution is -0.384. The van der Waals surface area contributed by atoms with E-state index >= 15 is 0 Å². The van der Waals surface area contributed by atoms with E-state index in [4.69, 9.17) is 4.74 Å². The first-order valence-electron chi connectivity index (χ1n) is 6.63. The molecule has 7 nitrogen and oxygen atoms in total. The molecule has 0 bridgehead atoms. The second-order valence-electron chi connectivity index (χ2n) is 4.73. The summed E-state index contributed by atoms with van der Waals surface area (Å²) in [7, 11) is 0. The molecule has 1 N–H and O–H groups in total. The Morgan fingerprint density at radius 3 is 2.68 bits per heavy atom. The number of nitrogens with zero attached hydrogens (tertiary/aromatic N) is 3. The van der Waals surface area contributed by atoms with Crippen molar-refractivity contribution < 1.29 is 22.8 Å². The van der Waals surface area contributed by atoms with Gasteiger partial charge in [-0.3, -0.25) is 15.0 Å². The fourth-order valence-electron chi connectivity index (χ4n) is 2.04. The Bertz CT molecular complexity index is 533. The van der Waals surface area contributed by atoms with Crippen LogP contribution in [0.25, 0.3) is 0 Å². The van der Waals surface area contributed by atoms with Crippen molar-refractivity contribution >= 4 is 11.5 Å². The molecule has 0 atom stereocenters. The van der Waals surface area contributed by atoms with Gasteiger partial charge in [-0.15, -0.1) is 0 Å². The van der Waals surface area contributed by atoms with Gasteiger partial charge < -0.3 is 10.1 Å². The summed E-state index contributed by atoms with van der Waals surface area (Å²) in [4.78, 5) is 15.6. The van der Waals surface area contributed by atoms with E-state index in [0.29, 0.717) is 38.6 Å². The third kappa shape index (κ3) is 4.28. The molecule has 1 aromatic rings. The average Bonchev–Trinajstić information content (AvgIpc) is 2.47. The normalized spacial score (nSPS) is 16.5. The van der Waals surface area contributed by atoms with Gasteiger partial charge in [-0.2, -0.15) is 13.2 Å². The summed E-state index contributed by atoms with van der Waals surface area (Å²) in [6.45, 7) is 3.70. The van der Waals surface area contributed by atoms with Crippen LogP contribution >= 0.6 is 0 Å². The van der Waals surface area contributed by atoms with Crippen LogP contribution in [-0.2, 0) is 10.9 Å². The number of ether oxygens (including phenoxy) is 1. The van der Waals surface area contributed by atoms with Crippen LogP contribution in [0.2, 0.25) is 0 Å². The van der Waals surface area contributed by atoms with E-state index in [2.05, 4.69) is 15.2 Å². The van der Waals surface area contributed by atoms with Crippen LogP contribution in [0.1, 0.15) is 5.56 Å². The van der Waals surface area contributed by atoms with E-state index in [1.807, 2.05) is 0 Å². The molecule has 10 heteroatoms. The van der Waals surface area contributed by atoms with Crippen molar-refractivity contribution in [2.75, 3.05) is 44.7 Å². The first kappa shape index (κ1) is 16.4. The molecule has 2 rings (SSSR count). The number of hydrogen-bond acceptors (Lipinski definition) is 6. The van der Waals surface area contributed by atoms with Crippen molar-refractivity contribution in [2.24, 2.45) is 0 Å². The van der Waals surface area contributed by atoms with E-state index in [1.54, 1.807) is 0 Å². The average molecular weight is 320 g/mol. The zero-order valence-corrected chi connectivity index (χ0v) is 11.6. The number of alkyl halides is 3. The highest BCUT2D eigenvalue weighted by Crippen LogP contribution is 2.33. The van der Waals surface area contributed by atoms with Gasteiger partial charge in [0, 0.05) is 38.4 Å². The van der Waals surface area contributed by atoms with Crippen molar-refractivity contribution in [2.45, 2.75) is 6.18 Å². The lowest BCUT2D eigenvalue weighted by atomic mass is 10.2. The second kappa shape index (κ2) is 6.88. The Balaban J connectivity index is 2.01. The van der Waals surface area contributed by atoms with Gasteiger partial charge in [-0.25, -0.2) is 4.98 Å². The maximum atomic E-state index is 12.6. The van der Waals surface area contributed by atoms with Gasteiger partial charge in [0.25, 0.3) is 0 Å². The van der Waals surface area contributed by atoms with Gasteiger partial charge in [-0.1, -0.05) is 0 Å². The molecule has 1 saturated heterocycles. The largest absolute Gasteiger partial charge is 0.418 e. The number of nitro groups is 1. The minimum atomic E-state index is -4.66. The fraction of sp³-hybridized carbons (Fsp3) is 0.583. The molecule has 1 aromatic heterocycles. The zero-order valence-electron chi connectivity index (χ0n) is 11.6. The van der Waals surface area contributed by atoms with Gasteiger partial charge in [-0.05, 0) is 0 Å². The SMILES string of the molecule is O=[N+]([O-])c1cc(C(F)(F)F)cnc1NCCN1CCOCC1. The van der Waals surface area contributed by atoms with Crippen LogP contribution in [0.15, 0.2) is 12.3 Å². The number of morpholine rings is 1. The summed E-state index contributed by atoms with van der Waals surface area (Å²) in [5, 5.41) is 13.6. The molecule has 1 fully saturated rings. The number of aromatic nitrogens is 1. The molecule has 1 aliphatic heterocycles. The Morgan fingerprint density at radius 1 is 1.41 bits per heavy atom. The van der Waals surface area contributed by atoms with Gasteiger partial charge >= 0.3 is 11.9 Å². The molecule has 0 amide bonds.